The van der Waals surface area contributed by atoms with E-state index in [1.807, 2.05) is 18.8 Å². The normalized spacial score (nSPS) is 34.2. The number of nitrogens with zero attached hydrogens (tertiary/aromatic N) is 3. The largest absolute Gasteiger partial charge is 0.355 e. The summed E-state index contributed by atoms with van der Waals surface area (Å²) in [5, 5.41) is 6.66. The van der Waals surface area contributed by atoms with Crippen molar-refractivity contribution in [1.82, 2.24) is 20.4 Å². The minimum atomic E-state index is 0.107. The monoisotopic (exact) mass is 353 g/mol. The van der Waals surface area contributed by atoms with Gasteiger partial charge in [0.05, 0.1) is 0 Å². The van der Waals surface area contributed by atoms with Gasteiger partial charge in [-0.2, -0.15) is 11.8 Å². The van der Waals surface area contributed by atoms with Gasteiger partial charge in [-0.1, -0.05) is 0 Å². The summed E-state index contributed by atoms with van der Waals surface area (Å²) in [4.78, 5) is 21.0. The molecule has 0 saturated carbocycles. The molecule has 7 heteroatoms. The van der Waals surface area contributed by atoms with Crippen LogP contribution in [0.5, 0.6) is 0 Å². The minimum absolute atomic E-state index is 0.107. The van der Waals surface area contributed by atoms with E-state index in [1.54, 1.807) is 0 Å². The summed E-state index contributed by atoms with van der Waals surface area (Å²) in [5.41, 5.74) is 0.328. The van der Waals surface area contributed by atoms with E-state index in [2.05, 4.69) is 39.5 Å². The Bertz CT molecular complexity index is 503. The molecule has 6 nitrogen and oxygen atoms in total. The molecule has 3 heterocycles. The Hall–Kier alpha value is -0.950. The summed E-state index contributed by atoms with van der Waals surface area (Å²) in [6.45, 7) is 3.70. The van der Waals surface area contributed by atoms with E-state index in [1.165, 1.54) is 17.9 Å². The lowest BCUT2D eigenvalue weighted by Gasteiger charge is -2.42. The Labute approximate surface area is 149 Å². The van der Waals surface area contributed by atoms with Gasteiger partial charge in [0.2, 0.25) is 5.91 Å². The molecule has 0 aromatic rings. The molecule has 24 heavy (non-hydrogen) atoms. The number of likely N-dealkylation sites (N-methyl/N-ethyl adjacent to an activating group) is 1. The molecule has 136 valence electrons. The van der Waals surface area contributed by atoms with Crippen molar-refractivity contribution in [2.75, 3.05) is 58.8 Å². The van der Waals surface area contributed by atoms with Crippen LogP contribution in [0.2, 0.25) is 0 Å². The molecule has 0 aromatic heterocycles. The second-order valence-corrected chi connectivity index (χ2v) is 8.91. The van der Waals surface area contributed by atoms with Gasteiger partial charge in [-0.25, -0.2) is 0 Å². The number of guanidine groups is 1. The van der Waals surface area contributed by atoms with E-state index in [9.17, 15) is 4.79 Å². The number of carbonyl (C=O) groups is 1. The van der Waals surface area contributed by atoms with Crippen molar-refractivity contribution < 1.29 is 4.79 Å². The average molecular weight is 354 g/mol. The SMILES string of the molecule is CN=C(NCC1(N(C)C)CCSC1)N1CCCC2(CNC(=O)C2)C1. The second kappa shape index (κ2) is 7.12. The molecule has 1 amide bonds. The number of likely N-dealkylation sites (tertiary alicyclic amines) is 1. The zero-order valence-corrected chi connectivity index (χ0v) is 16.0. The Morgan fingerprint density at radius 1 is 1.46 bits per heavy atom. The highest BCUT2D eigenvalue weighted by Gasteiger charge is 2.43. The second-order valence-electron chi connectivity index (χ2n) is 7.80. The summed E-state index contributed by atoms with van der Waals surface area (Å²) >= 11 is 2.04. The lowest BCUT2D eigenvalue weighted by molar-refractivity contribution is -0.119. The van der Waals surface area contributed by atoms with Crippen molar-refractivity contribution >= 4 is 23.6 Å². The highest BCUT2D eigenvalue weighted by Crippen LogP contribution is 2.36. The molecule has 3 aliphatic rings. The first kappa shape index (κ1) is 17.9. The van der Waals surface area contributed by atoms with Crippen LogP contribution >= 0.6 is 11.8 Å². The number of carbonyl (C=O) groups excluding carboxylic acids is 1. The topological polar surface area (TPSA) is 60.0 Å². The first-order chi connectivity index (χ1) is 11.5. The lowest BCUT2D eigenvalue weighted by Crippen LogP contribution is -2.57. The van der Waals surface area contributed by atoms with E-state index >= 15 is 0 Å². The van der Waals surface area contributed by atoms with Gasteiger partial charge in [-0.05, 0) is 39.1 Å². The fraction of sp³-hybridized carbons (Fsp3) is 0.882. The van der Waals surface area contributed by atoms with Gasteiger partial charge in [0, 0.05) is 56.4 Å². The van der Waals surface area contributed by atoms with E-state index in [4.69, 9.17) is 0 Å². The predicted octanol–water partition coefficient (Wildman–Crippen LogP) is 0.601. The summed E-state index contributed by atoms with van der Waals surface area (Å²) in [5.74, 6) is 3.60. The van der Waals surface area contributed by atoms with Crippen LogP contribution in [0.1, 0.15) is 25.7 Å². The first-order valence-corrected chi connectivity index (χ1v) is 10.1. The summed E-state index contributed by atoms with van der Waals surface area (Å²) in [7, 11) is 6.23. The van der Waals surface area contributed by atoms with Crippen LogP contribution < -0.4 is 10.6 Å². The number of amides is 1. The molecule has 0 bridgehead atoms. The number of piperidine rings is 1. The van der Waals surface area contributed by atoms with E-state index in [-0.39, 0.29) is 16.9 Å². The van der Waals surface area contributed by atoms with Gasteiger partial charge >= 0.3 is 0 Å². The Morgan fingerprint density at radius 3 is 2.88 bits per heavy atom. The predicted molar refractivity (Wildman–Crippen MR) is 101 cm³/mol. The van der Waals surface area contributed by atoms with Gasteiger partial charge in [0.25, 0.3) is 0 Å². The molecule has 3 saturated heterocycles. The maximum Gasteiger partial charge on any atom is 0.220 e. The van der Waals surface area contributed by atoms with E-state index in [0.29, 0.717) is 6.42 Å². The molecule has 3 fully saturated rings. The van der Waals surface area contributed by atoms with E-state index < -0.39 is 0 Å². The van der Waals surface area contributed by atoms with Crippen molar-refractivity contribution in [1.29, 1.82) is 0 Å². The first-order valence-electron chi connectivity index (χ1n) is 8.96. The minimum Gasteiger partial charge on any atom is -0.355 e. The number of rotatable bonds is 3. The van der Waals surface area contributed by atoms with Crippen molar-refractivity contribution in [2.45, 2.75) is 31.2 Å². The Balaban J connectivity index is 1.63. The molecule has 3 rings (SSSR count). The Morgan fingerprint density at radius 2 is 2.29 bits per heavy atom. The summed E-state index contributed by atoms with van der Waals surface area (Å²) < 4.78 is 0. The molecule has 2 unspecified atom stereocenters. The van der Waals surface area contributed by atoms with Gasteiger partial charge in [-0.3, -0.25) is 9.79 Å². The van der Waals surface area contributed by atoms with Crippen LogP contribution in [0, 0.1) is 5.41 Å². The molecule has 3 aliphatic heterocycles. The molecular formula is C17H31N5OS. The quantitative estimate of drug-likeness (QED) is 0.575. The van der Waals surface area contributed by atoms with Gasteiger partial charge < -0.3 is 20.4 Å². The summed E-state index contributed by atoms with van der Waals surface area (Å²) in [6, 6.07) is 0. The smallest absolute Gasteiger partial charge is 0.220 e. The van der Waals surface area contributed by atoms with Crippen molar-refractivity contribution in [3.63, 3.8) is 0 Å². The summed E-state index contributed by atoms with van der Waals surface area (Å²) in [6.07, 6.45) is 4.15. The van der Waals surface area contributed by atoms with Crippen LogP contribution in [0.25, 0.3) is 0 Å². The van der Waals surface area contributed by atoms with Crippen molar-refractivity contribution in [2.24, 2.45) is 10.4 Å². The fourth-order valence-electron chi connectivity index (χ4n) is 4.25. The van der Waals surface area contributed by atoms with E-state index in [0.717, 1.165) is 45.0 Å². The number of hydrogen-bond acceptors (Lipinski definition) is 4. The average Bonchev–Trinajstić information content (AvgIpc) is 3.17. The van der Waals surface area contributed by atoms with Crippen LogP contribution in [0.15, 0.2) is 4.99 Å². The molecule has 0 aromatic carbocycles. The number of hydrogen-bond donors (Lipinski definition) is 2. The maximum absolute atomic E-state index is 11.7. The van der Waals surface area contributed by atoms with Crippen LogP contribution in [-0.2, 0) is 4.79 Å². The van der Waals surface area contributed by atoms with Crippen molar-refractivity contribution in [3.05, 3.63) is 0 Å². The zero-order chi connectivity index (χ0) is 17.2. The third kappa shape index (κ3) is 3.52. The molecule has 1 spiro atoms. The number of nitrogens with one attached hydrogen (secondary N) is 2. The number of thioether (sulfide) groups is 1. The lowest BCUT2D eigenvalue weighted by atomic mass is 9.79. The van der Waals surface area contributed by atoms with Gasteiger partial charge in [0.15, 0.2) is 5.96 Å². The van der Waals surface area contributed by atoms with Gasteiger partial charge in [0.1, 0.15) is 0 Å². The van der Waals surface area contributed by atoms with Crippen LogP contribution in [0.4, 0.5) is 0 Å². The molecule has 2 N–H and O–H groups in total. The van der Waals surface area contributed by atoms with Crippen LogP contribution in [-0.4, -0.2) is 86.0 Å². The van der Waals surface area contributed by atoms with Crippen molar-refractivity contribution in [3.8, 4) is 0 Å². The fourth-order valence-corrected chi connectivity index (χ4v) is 5.80. The Kier molecular flexibility index (Phi) is 5.30. The molecule has 2 atom stereocenters. The molecular weight excluding hydrogens is 322 g/mol. The van der Waals surface area contributed by atoms with Gasteiger partial charge in [-0.15, -0.1) is 0 Å². The molecule has 0 aliphatic carbocycles. The highest BCUT2D eigenvalue weighted by molar-refractivity contribution is 7.99. The number of aliphatic imine (C=N–C) groups is 1. The third-order valence-electron chi connectivity index (χ3n) is 5.98. The third-order valence-corrected chi connectivity index (χ3v) is 7.21. The maximum atomic E-state index is 11.7. The molecule has 0 radical (unpaired) electrons. The highest BCUT2D eigenvalue weighted by atomic mass is 32.2. The van der Waals surface area contributed by atoms with Crippen LogP contribution in [0.3, 0.4) is 0 Å². The standard InChI is InChI=1S/C17H31N5OS/c1-18-15(20-11-17(21(2)3)6-8-24-13-17)22-7-4-5-16(12-22)9-14(23)19-10-16/h4-13H2,1-3H3,(H,18,20)(H,19,23). The zero-order valence-electron chi connectivity index (χ0n) is 15.2.